The summed E-state index contributed by atoms with van der Waals surface area (Å²) < 4.78 is 1.96. The Kier molecular flexibility index (Phi) is 4.97. The standard InChI is InChI=1S/C12H23N5/c1-15-9-11-16(12-10-15)7-4-13-5-8-17-6-2-3-14-17/h2-3,6,13H,4-5,7-12H2,1H3. The van der Waals surface area contributed by atoms with Gasteiger partial charge in [-0.05, 0) is 13.1 Å². The molecule has 96 valence electrons. The summed E-state index contributed by atoms with van der Waals surface area (Å²) in [4.78, 5) is 4.92. The number of piperazine rings is 1. The van der Waals surface area contributed by atoms with Crippen LogP contribution < -0.4 is 5.32 Å². The van der Waals surface area contributed by atoms with E-state index in [0.717, 1.165) is 26.2 Å². The average Bonchev–Trinajstić information content (AvgIpc) is 2.84. The molecule has 0 radical (unpaired) electrons. The lowest BCUT2D eigenvalue weighted by Gasteiger charge is -2.32. The Balaban J connectivity index is 1.49. The molecule has 0 amide bonds. The van der Waals surface area contributed by atoms with Crippen molar-refractivity contribution in [3.63, 3.8) is 0 Å². The van der Waals surface area contributed by atoms with Gasteiger partial charge in [0.05, 0.1) is 6.54 Å². The van der Waals surface area contributed by atoms with E-state index in [1.807, 2.05) is 23.1 Å². The summed E-state index contributed by atoms with van der Waals surface area (Å²) in [6.45, 7) is 9.00. The number of aromatic nitrogens is 2. The Morgan fingerprint density at radius 1 is 1.12 bits per heavy atom. The molecule has 2 rings (SSSR count). The van der Waals surface area contributed by atoms with Gasteiger partial charge in [-0.1, -0.05) is 0 Å². The molecule has 0 unspecified atom stereocenters. The third-order valence-electron chi connectivity index (χ3n) is 3.28. The van der Waals surface area contributed by atoms with Gasteiger partial charge in [0.15, 0.2) is 0 Å². The monoisotopic (exact) mass is 237 g/mol. The Hall–Kier alpha value is -0.910. The van der Waals surface area contributed by atoms with Crippen molar-refractivity contribution in [2.24, 2.45) is 0 Å². The minimum Gasteiger partial charge on any atom is -0.314 e. The van der Waals surface area contributed by atoms with Crippen molar-refractivity contribution in [3.05, 3.63) is 18.5 Å². The quantitative estimate of drug-likeness (QED) is 0.691. The third kappa shape index (κ3) is 4.46. The molecule has 2 heterocycles. The van der Waals surface area contributed by atoms with Gasteiger partial charge in [-0.25, -0.2) is 0 Å². The second-order valence-corrected chi connectivity index (χ2v) is 4.66. The molecule has 0 spiro atoms. The molecule has 0 atom stereocenters. The first-order chi connectivity index (χ1) is 8.34. The normalized spacial score (nSPS) is 18.6. The van der Waals surface area contributed by atoms with Crippen LogP contribution in [0.1, 0.15) is 0 Å². The molecule has 0 aliphatic carbocycles. The topological polar surface area (TPSA) is 36.3 Å². The van der Waals surface area contributed by atoms with E-state index in [4.69, 9.17) is 0 Å². The summed E-state index contributed by atoms with van der Waals surface area (Å²) in [6, 6.07) is 1.96. The van der Waals surface area contributed by atoms with Crippen LogP contribution in [0, 0.1) is 0 Å². The lowest BCUT2D eigenvalue weighted by molar-refractivity contribution is 0.154. The molecule has 1 fully saturated rings. The number of rotatable bonds is 6. The van der Waals surface area contributed by atoms with E-state index in [2.05, 4.69) is 27.3 Å². The molecule has 1 aromatic heterocycles. The highest BCUT2D eigenvalue weighted by Gasteiger charge is 2.12. The molecule has 17 heavy (non-hydrogen) atoms. The highest BCUT2D eigenvalue weighted by atomic mass is 15.3. The van der Waals surface area contributed by atoms with E-state index in [-0.39, 0.29) is 0 Å². The molecule has 0 aromatic carbocycles. The zero-order valence-electron chi connectivity index (χ0n) is 10.7. The summed E-state index contributed by atoms with van der Waals surface area (Å²) in [7, 11) is 2.19. The number of nitrogens with zero attached hydrogens (tertiary/aromatic N) is 4. The molecule has 1 aliphatic rings. The zero-order chi connectivity index (χ0) is 11.9. The predicted octanol–water partition coefficient (Wildman–Crippen LogP) is -0.280. The number of likely N-dealkylation sites (N-methyl/N-ethyl adjacent to an activating group) is 1. The summed E-state index contributed by atoms with van der Waals surface area (Å²) in [5, 5.41) is 7.64. The van der Waals surface area contributed by atoms with Crippen LogP contribution in [0.4, 0.5) is 0 Å². The van der Waals surface area contributed by atoms with E-state index in [1.54, 1.807) is 0 Å². The van der Waals surface area contributed by atoms with Crippen LogP contribution in [0.3, 0.4) is 0 Å². The molecular formula is C12H23N5. The van der Waals surface area contributed by atoms with Crippen molar-refractivity contribution in [1.29, 1.82) is 0 Å². The molecule has 1 saturated heterocycles. The van der Waals surface area contributed by atoms with Gasteiger partial charge in [-0.3, -0.25) is 9.58 Å². The van der Waals surface area contributed by atoms with Crippen molar-refractivity contribution < 1.29 is 0 Å². The molecular weight excluding hydrogens is 214 g/mol. The van der Waals surface area contributed by atoms with Crippen LogP contribution in [0.25, 0.3) is 0 Å². The highest BCUT2D eigenvalue weighted by Crippen LogP contribution is 1.97. The fourth-order valence-corrected chi connectivity index (χ4v) is 2.06. The van der Waals surface area contributed by atoms with E-state index < -0.39 is 0 Å². The van der Waals surface area contributed by atoms with Gasteiger partial charge in [-0.15, -0.1) is 0 Å². The van der Waals surface area contributed by atoms with Crippen LogP contribution in [-0.2, 0) is 6.54 Å². The Bertz CT molecular complexity index is 290. The number of hydrogen-bond acceptors (Lipinski definition) is 4. The smallest absolute Gasteiger partial charge is 0.0533 e. The minimum absolute atomic E-state index is 0.954. The highest BCUT2D eigenvalue weighted by molar-refractivity contribution is 4.77. The molecule has 0 saturated carbocycles. The first-order valence-electron chi connectivity index (χ1n) is 6.43. The second-order valence-electron chi connectivity index (χ2n) is 4.66. The molecule has 1 aromatic rings. The van der Waals surface area contributed by atoms with Gasteiger partial charge in [0.1, 0.15) is 0 Å². The van der Waals surface area contributed by atoms with Gasteiger partial charge in [0.2, 0.25) is 0 Å². The fourth-order valence-electron chi connectivity index (χ4n) is 2.06. The zero-order valence-corrected chi connectivity index (χ0v) is 10.7. The third-order valence-corrected chi connectivity index (χ3v) is 3.28. The molecule has 5 heteroatoms. The van der Waals surface area contributed by atoms with Crippen LogP contribution in [0.15, 0.2) is 18.5 Å². The van der Waals surface area contributed by atoms with Crippen molar-refractivity contribution >= 4 is 0 Å². The van der Waals surface area contributed by atoms with Crippen molar-refractivity contribution in [2.75, 3.05) is 52.9 Å². The maximum atomic E-state index is 4.17. The van der Waals surface area contributed by atoms with Gasteiger partial charge in [0, 0.05) is 58.2 Å². The van der Waals surface area contributed by atoms with Crippen LogP contribution in [0.5, 0.6) is 0 Å². The van der Waals surface area contributed by atoms with Crippen molar-refractivity contribution in [2.45, 2.75) is 6.54 Å². The second kappa shape index (κ2) is 6.74. The minimum atomic E-state index is 0.954. The maximum absolute atomic E-state index is 4.17. The molecule has 1 N–H and O–H groups in total. The maximum Gasteiger partial charge on any atom is 0.0533 e. The van der Waals surface area contributed by atoms with Gasteiger partial charge >= 0.3 is 0 Å². The van der Waals surface area contributed by atoms with Gasteiger partial charge in [0.25, 0.3) is 0 Å². The lowest BCUT2D eigenvalue weighted by Crippen LogP contribution is -2.46. The summed E-state index contributed by atoms with van der Waals surface area (Å²) in [5.74, 6) is 0. The van der Waals surface area contributed by atoms with E-state index >= 15 is 0 Å². The summed E-state index contributed by atoms with van der Waals surface area (Å²) >= 11 is 0. The van der Waals surface area contributed by atoms with Crippen LogP contribution in [0.2, 0.25) is 0 Å². The van der Waals surface area contributed by atoms with Crippen molar-refractivity contribution in [1.82, 2.24) is 24.9 Å². The van der Waals surface area contributed by atoms with Crippen molar-refractivity contribution in [3.8, 4) is 0 Å². The Morgan fingerprint density at radius 2 is 1.88 bits per heavy atom. The summed E-state index contributed by atoms with van der Waals surface area (Å²) in [5.41, 5.74) is 0. The average molecular weight is 237 g/mol. The number of hydrogen-bond donors (Lipinski definition) is 1. The largest absolute Gasteiger partial charge is 0.314 e. The van der Waals surface area contributed by atoms with E-state index in [1.165, 1.54) is 26.2 Å². The van der Waals surface area contributed by atoms with Crippen LogP contribution >= 0.6 is 0 Å². The molecule has 0 bridgehead atoms. The fraction of sp³-hybridized carbons (Fsp3) is 0.750. The number of nitrogens with one attached hydrogen (secondary N) is 1. The van der Waals surface area contributed by atoms with Gasteiger partial charge in [-0.2, -0.15) is 5.10 Å². The first kappa shape index (κ1) is 12.5. The van der Waals surface area contributed by atoms with Gasteiger partial charge < -0.3 is 10.2 Å². The van der Waals surface area contributed by atoms with E-state index in [0.29, 0.717) is 0 Å². The van der Waals surface area contributed by atoms with E-state index in [9.17, 15) is 0 Å². The molecule has 5 nitrogen and oxygen atoms in total. The predicted molar refractivity (Wildman–Crippen MR) is 69.0 cm³/mol. The van der Waals surface area contributed by atoms with Crippen LogP contribution in [-0.4, -0.2) is 72.4 Å². The SMILES string of the molecule is CN1CCN(CCNCCn2cccn2)CC1. The summed E-state index contributed by atoms with van der Waals surface area (Å²) in [6.07, 6.45) is 3.83. The Labute approximate surface area is 103 Å². The first-order valence-corrected chi connectivity index (χ1v) is 6.43. The molecule has 1 aliphatic heterocycles. The Morgan fingerprint density at radius 3 is 2.59 bits per heavy atom. The lowest BCUT2D eigenvalue weighted by atomic mass is 10.3.